The topological polar surface area (TPSA) is 44.1 Å². The molecule has 82 valence electrons. The molecule has 0 aliphatic carbocycles. The summed E-state index contributed by atoms with van der Waals surface area (Å²) in [6.07, 6.45) is 2.24. The SMILES string of the molecule is N#Cc1c(F)cccc1N1CCCCC1=O. The van der Waals surface area contributed by atoms with Gasteiger partial charge in [-0.3, -0.25) is 4.79 Å². The van der Waals surface area contributed by atoms with E-state index in [0.29, 0.717) is 18.7 Å². The van der Waals surface area contributed by atoms with Gasteiger partial charge < -0.3 is 4.90 Å². The fourth-order valence-corrected chi connectivity index (χ4v) is 1.91. The fourth-order valence-electron chi connectivity index (χ4n) is 1.91. The van der Waals surface area contributed by atoms with Crippen molar-refractivity contribution in [2.75, 3.05) is 11.4 Å². The van der Waals surface area contributed by atoms with Gasteiger partial charge in [-0.05, 0) is 25.0 Å². The minimum atomic E-state index is -0.571. The van der Waals surface area contributed by atoms with E-state index in [1.807, 2.05) is 6.07 Å². The molecule has 1 heterocycles. The van der Waals surface area contributed by atoms with Crippen molar-refractivity contribution in [1.29, 1.82) is 5.26 Å². The second-order valence-electron chi connectivity index (χ2n) is 3.75. The molecule has 1 amide bonds. The first-order chi connectivity index (χ1) is 7.74. The van der Waals surface area contributed by atoms with Gasteiger partial charge in [-0.15, -0.1) is 0 Å². The van der Waals surface area contributed by atoms with Crippen LogP contribution in [0.25, 0.3) is 0 Å². The van der Waals surface area contributed by atoms with E-state index in [0.717, 1.165) is 12.8 Å². The van der Waals surface area contributed by atoms with E-state index in [1.165, 1.54) is 17.0 Å². The number of nitriles is 1. The van der Waals surface area contributed by atoms with Gasteiger partial charge in [0.2, 0.25) is 5.91 Å². The predicted octanol–water partition coefficient (Wildman–Crippen LogP) is 2.21. The molecule has 2 rings (SSSR count). The molecule has 0 saturated carbocycles. The third-order valence-electron chi connectivity index (χ3n) is 2.72. The van der Waals surface area contributed by atoms with Gasteiger partial charge in [0.25, 0.3) is 0 Å². The first kappa shape index (κ1) is 10.6. The minimum absolute atomic E-state index is 0.0339. The second kappa shape index (κ2) is 4.31. The number of amides is 1. The summed E-state index contributed by atoms with van der Waals surface area (Å²) < 4.78 is 13.4. The predicted molar refractivity (Wildman–Crippen MR) is 57.3 cm³/mol. The zero-order valence-electron chi connectivity index (χ0n) is 8.74. The largest absolute Gasteiger partial charge is 0.311 e. The highest BCUT2D eigenvalue weighted by atomic mass is 19.1. The number of halogens is 1. The molecule has 1 aliphatic rings. The van der Waals surface area contributed by atoms with Crippen LogP contribution in [-0.2, 0) is 4.79 Å². The van der Waals surface area contributed by atoms with Gasteiger partial charge in [0, 0.05) is 13.0 Å². The standard InChI is InChI=1S/C12H11FN2O/c13-10-4-3-5-11(9(10)8-14)15-7-2-1-6-12(15)16/h3-5H,1-2,6-7H2. The minimum Gasteiger partial charge on any atom is -0.311 e. The van der Waals surface area contributed by atoms with Crippen molar-refractivity contribution in [1.82, 2.24) is 0 Å². The van der Waals surface area contributed by atoms with Crippen LogP contribution < -0.4 is 4.90 Å². The summed E-state index contributed by atoms with van der Waals surface area (Å²) in [4.78, 5) is 13.2. The first-order valence-corrected chi connectivity index (χ1v) is 5.23. The Hall–Kier alpha value is -1.89. The molecule has 0 radical (unpaired) electrons. The Morgan fingerprint density at radius 2 is 2.19 bits per heavy atom. The smallest absolute Gasteiger partial charge is 0.227 e. The van der Waals surface area contributed by atoms with E-state index >= 15 is 0 Å². The zero-order chi connectivity index (χ0) is 11.5. The number of rotatable bonds is 1. The van der Waals surface area contributed by atoms with Gasteiger partial charge in [-0.2, -0.15) is 5.26 Å². The number of nitrogens with zero attached hydrogens (tertiary/aromatic N) is 2. The quantitative estimate of drug-likeness (QED) is 0.725. The van der Waals surface area contributed by atoms with Crippen LogP contribution in [0.1, 0.15) is 24.8 Å². The average Bonchev–Trinajstić information content (AvgIpc) is 2.29. The van der Waals surface area contributed by atoms with Gasteiger partial charge in [0.05, 0.1) is 5.69 Å². The molecule has 0 atom stereocenters. The number of hydrogen-bond acceptors (Lipinski definition) is 2. The van der Waals surface area contributed by atoms with E-state index in [4.69, 9.17) is 5.26 Å². The molecule has 1 aromatic rings. The Morgan fingerprint density at radius 3 is 2.88 bits per heavy atom. The lowest BCUT2D eigenvalue weighted by Crippen LogP contribution is -2.35. The van der Waals surface area contributed by atoms with Crippen LogP contribution in [0, 0.1) is 17.1 Å². The van der Waals surface area contributed by atoms with E-state index in [-0.39, 0.29) is 11.5 Å². The molecule has 3 nitrogen and oxygen atoms in total. The second-order valence-corrected chi connectivity index (χ2v) is 3.75. The van der Waals surface area contributed by atoms with Crippen LogP contribution in [0.4, 0.5) is 10.1 Å². The molecule has 0 unspecified atom stereocenters. The number of benzene rings is 1. The maximum absolute atomic E-state index is 13.4. The Bertz CT molecular complexity index is 465. The van der Waals surface area contributed by atoms with Crippen LogP contribution in [0.15, 0.2) is 18.2 Å². The Balaban J connectivity index is 2.43. The van der Waals surface area contributed by atoms with Gasteiger partial charge in [-0.1, -0.05) is 6.07 Å². The van der Waals surface area contributed by atoms with Gasteiger partial charge in [-0.25, -0.2) is 4.39 Å². The van der Waals surface area contributed by atoms with Crippen molar-refractivity contribution in [3.63, 3.8) is 0 Å². The normalized spacial score (nSPS) is 16.0. The molecule has 1 aliphatic heterocycles. The average molecular weight is 218 g/mol. The Morgan fingerprint density at radius 1 is 1.38 bits per heavy atom. The zero-order valence-corrected chi connectivity index (χ0v) is 8.74. The maximum Gasteiger partial charge on any atom is 0.227 e. The summed E-state index contributed by atoms with van der Waals surface area (Å²) in [6, 6.07) is 6.18. The van der Waals surface area contributed by atoms with Crippen molar-refractivity contribution in [2.24, 2.45) is 0 Å². The number of piperidine rings is 1. The summed E-state index contributed by atoms with van der Waals surface area (Å²) in [5, 5.41) is 8.89. The Kier molecular flexibility index (Phi) is 2.86. The van der Waals surface area contributed by atoms with Crippen molar-refractivity contribution in [3.8, 4) is 6.07 Å². The molecule has 0 spiro atoms. The van der Waals surface area contributed by atoms with Crippen molar-refractivity contribution in [3.05, 3.63) is 29.6 Å². The number of carbonyl (C=O) groups excluding carboxylic acids is 1. The van der Waals surface area contributed by atoms with E-state index in [1.54, 1.807) is 6.07 Å². The van der Waals surface area contributed by atoms with E-state index in [9.17, 15) is 9.18 Å². The molecule has 16 heavy (non-hydrogen) atoms. The molecular formula is C12H11FN2O. The molecule has 0 bridgehead atoms. The van der Waals surface area contributed by atoms with Gasteiger partial charge in [0.15, 0.2) is 0 Å². The molecular weight excluding hydrogens is 207 g/mol. The first-order valence-electron chi connectivity index (χ1n) is 5.23. The van der Waals surface area contributed by atoms with Crippen molar-refractivity contribution < 1.29 is 9.18 Å². The summed E-state index contributed by atoms with van der Waals surface area (Å²) in [5.74, 6) is -0.605. The van der Waals surface area contributed by atoms with Crippen molar-refractivity contribution >= 4 is 11.6 Å². The molecule has 4 heteroatoms. The molecule has 1 aromatic carbocycles. The summed E-state index contributed by atoms with van der Waals surface area (Å²) in [7, 11) is 0. The summed E-state index contributed by atoms with van der Waals surface area (Å²) >= 11 is 0. The lowest BCUT2D eigenvalue weighted by molar-refractivity contribution is -0.119. The summed E-state index contributed by atoms with van der Waals surface area (Å²) in [6.45, 7) is 0.566. The van der Waals surface area contributed by atoms with E-state index in [2.05, 4.69) is 0 Å². The maximum atomic E-state index is 13.4. The van der Waals surface area contributed by atoms with Crippen LogP contribution in [0.2, 0.25) is 0 Å². The lowest BCUT2D eigenvalue weighted by Gasteiger charge is -2.27. The molecule has 1 fully saturated rings. The third kappa shape index (κ3) is 1.76. The molecule has 1 saturated heterocycles. The third-order valence-corrected chi connectivity index (χ3v) is 2.72. The lowest BCUT2D eigenvalue weighted by atomic mass is 10.1. The number of anilines is 1. The fraction of sp³-hybridized carbons (Fsp3) is 0.333. The van der Waals surface area contributed by atoms with E-state index < -0.39 is 5.82 Å². The van der Waals surface area contributed by atoms with Gasteiger partial charge in [0.1, 0.15) is 17.4 Å². The Labute approximate surface area is 93.1 Å². The number of hydrogen-bond donors (Lipinski definition) is 0. The monoisotopic (exact) mass is 218 g/mol. The van der Waals surface area contributed by atoms with Crippen LogP contribution in [0.5, 0.6) is 0 Å². The molecule has 0 aromatic heterocycles. The number of carbonyl (C=O) groups is 1. The summed E-state index contributed by atoms with van der Waals surface area (Å²) in [5.41, 5.74) is 0.352. The van der Waals surface area contributed by atoms with Crippen molar-refractivity contribution in [2.45, 2.75) is 19.3 Å². The highest BCUT2D eigenvalue weighted by Gasteiger charge is 2.23. The van der Waals surface area contributed by atoms with Crippen LogP contribution in [-0.4, -0.2) is 12.5 Å². The molecule has 0 N–H and O–H groups in total. The highest BCUT2D eigenvalue weighted by molar-refractivity contribution is 5.95. The van der Waals surface area contributed by atoms with Gasteiger partial charge >= 0.3 is 0 Å². The van der Waals surface area contributed by atoms with Crippen LogP contribution >= 0.6 is 0 Å². The highest BCUT2D eigenvalue weighted by Crippen LogP contribution is 2.26. The van der Waals surface area contributed by atoms with Crippen LogP contribution in [0.3, 0.4) is 0 Å².